The van der Waals surface area contributed by atoms with Crippen molar-refractivity contribution in [2.45, 2.75) is 19.4 Å². The maximum absolute atomic E-state index is 11.5. The Balaban J connectivity index is 2.36. The fraction of sp³-hybridized carbons (Fsp3) is 0.364. The van der Waals surface area contributed by atoms with E-state index in [0.717, 1.165) is 5.56 Å². The van der Waals surface area contributed by atoms with Crippen molar-refractivity contribution in [3.05, 3.63) is 35.9 Å². The normalized spacial score (nSPS) is 12.1. The molecule has 1 atom stereocenters. The summed E-state index contributed by atoms with van der Waals surface area (Å²) >= 11 is 0. The third-order valence-electron chi connectivity index (χ3n) is 1.96. The lowest BCUT2D eigenvalue weighted by atomic mass is 10.1. The molecule has 0 aliphatic heterocycles. The zero-order valence-corrected chi connectivity index (χ0v) is 8.77. The van der Waals surface area contributed by atoms with E-state index in [0.29, 0.717) is 13.0 Å². The first-order valence-corrected chi connectivity index (χ1v) is 4.87. The minimum atomic E-state index is -0.0637. The third-order valence-corrected chi connectivity index (χ3v) is 1.96. The Hall–Kier alpha value is -1.39. The summed E-state index contributed by atoms with van der Waals surface area (Å²) < 4.78 is 0. The van der Waals surface area contributed by atoms with Gasteiger partial charge < -0.3 is 10.2 Å². The Morgan fingerprint density at radius 1 is 1.47 bits per heavy atom. The molecule has 82 valence electrons. The van der Waals surface area contributed by atoms with E-state index < -0.39 is 0 Å². The quantitative estimate of drug-likeness (QED) is 0.697. The molecule has 1 unspecified atom stereocenters. The van der Waals surface area contributed by atoms with Crippen LogP contribution in [0.1, 0.15) is 12.5 Å². The summed E-state index contributed by atoms with van der Waals surface area (Å²) in [6.07, 6.45) is 0.385. The number of nitrogens with two attached hydrogens (primary N) is 1. The van der Waals surface area contributed by atoms with Crippen LogP contribution in [0.15, 0.2) is 30.3 Å². The van der Waals surface area contributed by atoms with Crippen LogP contribution in [-0.4, -0.2) is 18.6 Å². The molecule has 0 saturated carbocycles. The van der Waals surface area contributed by atoms with Crippen LogP contribution in [0, 0.1) is 0 Å². The molecule has 0 bridgehead atoms. The average Bonchev–Trinajstić information content (AvgIpc) is 2.19. The summed E-state index contributed by atoms with van der Waals surface area (Å²) in [7, 11) is 0. The van der Waals surface area contributed by atoms with Crippen molar-refractivity contribution in [3.63, 3.8) is 0 Å². The lowest BCUT2D eigenvalue weighted by Crippen LogP contribution is -2.37. The van der Waals surface area contributed by atoms with Crippen molar-refractivity contribution in [3.8, 4) is 0 Å². The largest absolute Gasteiger partial charge is 0.351 e. The number of benzene rings is 1. The average molecular weight is 208 g/mol. The van der Waals surface area contributed by atoms with Crippen LogP contribution < -0.4 is 11.2 Å². The van der Waals surface area contributed by atoms with Crippen molar-refractivity contribution in [2.75, 3.05) is 6.61 Å². The Morgan fingerprint density at radius 2 is 2.13 bits per heavy atom. The van der Waals surface area contributed by atoms with Crippen molar-refractivity contribution in [2.24, 2.45) is 5.90 Å². The maximum atomic E-state index is 11.5. The molecule has 15 heavy (non-hydrogen) atoms. The highest BCUT2D eigenvalue weighted by Crippen LogP contribution is 1.99. The molecule has 4 heteroatoms. The zero-order chi connectivity index (χ0) is 11.1. The molecule has 0 aliphatic rings. The Labute approximate surface area is 89.4 Å². The van der Waals surface area contributed by atoms with E-state index in [9.17, 15) is 4.79 Å². The Bertz CT molecular complexity index is 301. The van der Waals surface area contributed by atoms with Gasteiger partial charge in [0.25, 0.3) is 0 Å². The van der Waals surface area contributed by atoms with Crippen molar-refractivity contribution in [1.82, 2.24) is 5.32 Å². The van der Waals surface area contributed by atoms with Crippen LogP contribution in [0.4, 0.5) is 0 Å². The molecule has 0 aliphatic carbocycles. The molecule has 0 heterocycles. The fourth-order valence-corrected chi connectivity index (χ4v) is 1.29. The van der Waals surface area contributed by atoms with Gasteiger partial charge in [0.05, 0.1) is 19.1 Å². The third kappa shape index (κ3) is 4.58. The van der Waals surface area contributed by atoms with Crippen molar-refractivity contribution < 1.29 is 9.63 Å². The SMILES string of the molecule is CC(CON)NC(=O)Cc1ccccc1. The molecular weight excluding hydrogens is 192 g/mol. The van der Waals surface area contributed by atoms with E-state index in [1.165, 1.54) is 0 Å². The predicted molar refractivity (Wildman–Crippen MR) is 57.9 cm³/mol. The highest BCUT2D eigenvalue weighted by atomic mass is 16.6. The second-order valence-corrected chi connectivity index (χ2v) is 3.46. The van der Waals surface area contributed by atoms with Crippen LogP contribution in [0.5, 0.6) is 0 Å². The van der Waals surface area contributed by atoms with E-state index in [-0.39, 0.29) is 11.9 Å². The van der Waals surface area contributed by atoms with E-state index in [2.05, 4.69) is 10.2 Å². The van der Waals surface area contributed by atoms with Crippen LogP contribution >= 0.6 is 0 Å². The molecule has 3 N–H and O–H groups in total. The van der Waals surface area contributed by atoms with Crippen molar-refractivity contribution in [1.29, 1.82) is 0 Å². The highest BCUT2D eigenvalue weighted by molar-refractivity contribution is 5.78. The minimum Gasteiger partial charge on any atom is -0.351 e. The van der Waals surface area contributed by atoms with Gasteiger partial charge in [-0.3, -0.25) is 4.79 Å². The summed E-state index contributed by atoms with van der Waals surface area (Å²) in [6.45, 7) is 2.16. The monoisotopic (exact) mass is 208 g/mol. The number of hydrogen-bond donors (Lipinski definition) is 2. The van der Waals surface area contributed by atoms with Gasteiger partial charge in [0.15, 0.2) is 0 Å². The van der Waals surface area contributed by atoms with Crippen LogP contribution in [0.2, 0.25) is 0 Å². The van der Waals surface area contributed by atoms with Crippen molar-refractivity contribution >= 4 is 5.91 Å². The Morgan fingerprint density at radius 3 is 2.73 bits per heavy atom. The molecule has 1 aromatic rings. The van der Waals surface area contributed by atoms with Gasteiger partial charge in [-0.15, -0.1) is 0 Å². The van der Waals surface area contributed by atoms with E-state index >= 15 is 0 Å². The predicted octanol–water partition coefficient (Wildman–Crippen LogP) is 0.624. The van der Waals surface area contributed by atoms with Gasteiger partial charge in [-0.1, -0.05) is 30.3 Å². The molecule has 0 saturated heterocycles. The van der Waals surface area contributed by atoms with E-state index in [1.54, 1.807) is 0 Å². The summed E-state index contributed by atoms with van der Waals surface area (Å²) in [5.41, 5.74) is 0.996. The topological polar surface area (TPSA) is 64.3 Å². The lowest BCUT2D eigenvalue weighted by Gasteiger charge is -2.12. The van der Waals surface area contributed by atoms with E-state index in [1.807, 2.05) is 37.3 Å². The zero-order valence-electron chi connectivity index (χ0n) is 8.77. The highest BCUT2D eigenvalue weighted by Gasteiger charge is 2.07. The molecule has 1 rings (SSSR count). The number of hydrogen-bond acceptors (Lipinski definition) is 3. The molecule has 4 nitrogen and oxygen atoms in total. The number of carbonyl (C=O) groups excluding carboxylic acids is 1. The van der Waals surface area contributed by atoms with Gasteiger partial charge in [-0.05, 0) is 12.5 Å². The summed E-state index contributed by atoms with van der Waals surface area (Å²) in [6, 6.07) is 9.52. The first kappa shape index (κ1) is 11.7. The number of amides is 1. The first-order chi connectivity index (χ1) is 7.22. The number of nitrogens with one attached hydrogen (secondary N) is 1. The molecule has 0 radical (unpaired) electrons. The molecule has 0 spiro atoms. The number of rotatable bonds is 5. The van der Waals surface area contributed by atoms with Gasteiger partial charge in [0.2, 0.25) is 5.91 Å². The summed E-state index contributed by atoms with van der Waals surface area (Å²) in [4.78, 5) is 15.9. The molecule has 0 fully saturated rings. The molecule has 0 aromatic heterocycles. The van der Waals surface area contributed by atoms with Gasteiger partial charge >= 0.3 is 0 Å². The molecular formula is C11H16N2O2. The summed E-state index contributed by atoms with van der Waals surface area (Å²) in [5, 5.41) is 2.79. The first-order valence-electron chi connectivity index (χ1n) is 4.87. The second-order valence-electron chi connectivity index (χ2n) is 3.46. The van der Waals surface area contributed by atoms with E-state index in [4.69, 9.17) is 5.90 Å². The Kier molecular flexibility index (Phi) is 4.80. The van der Waals surface area contributed by atoms with Gasteiger partial charge in [0, 0.05) is 0 Å². The summed E-state index contributed by atoms with van der Waals surface area (Å²) in [5.74, 6) is 4.88. The van der Waals surface area contributed by atoms with Crippen LogP contribution in [-0.2, 0) is 16.1 Å². The van der Waals surface area contributed by atoms with Gasteiger partial charge in [0.1, 0.15) is 0 Å². The standard InChI is InChI=1S/C11H16N2O2/c1-9(8-15-12)13-11(14)7-10-5-3-2-4-6-10/h2-6,9H,7-8,12H2,1H3,(H,13,14). The lowest BCUT2D eigenvalue weighted by molar-refractivity contribution is -0.121. The minimum absolute atomic E-state index is 0.0225. The second kappa shape index (κ2) is 6.16. The molecule has 1 aromatic carbocycles. The van der Waals surface area contributed by atoms with Crippen LogP contribution in [0.25, 0.3) is 0 Å². The fourth-order valence-electron chi connectivity index (χ4n) is 1.29. The van der Waals surface area contributed by atoms with Gasteiger partial charge in [-0.25, -0.2) is 5.90 Å². The number of carbonyl (C=O) groups is 1. The van der Waals surface area contributed by atoms with Crippen LogP contribution in [0.3, 0.4) is 0 Å². The van der Waals surface area contributed by atoms with Gasteiger partial charge in [-0.2, -0.15) is 0 Å². The molecule has 1 amide bonds. The smallest absolute Gasteiger partial charge is 0.224 e. The maximum Gasteiger partial charge on any atom is 0.224 e.